The summed E-state index contributed by atoms with van der Waals surface area (Å²) in [5, 5.41) is 8.54. The highest BCUT2D eigenvalue weighted by Gasteiger charge is 2.17. The second-order valence-corrected chi connectivity index (χ2v) is 4.73. The van der Waals surface area contributed by atoms with Gasteiger partial charge in [-0.2, -0.15) is 5.26 Å². The van der Waals surface area contributed by atoms with Gasteiger partial charge in [-0.3, -0.25) is 4.67 Å². The van der Waals surface area contributed by atoms with Gasteiger partial charge in [0.05, 0.1) is 12.7 Å². The smallest absolute Gasteiger partial charge is 0.141 e. The molecule has 0 bridgehead atoms. The van der Waals surface area contributed by atoms with Gasteiger partial charge < -0.3 is 4.74 Å². The lowest BCUT2D eigenvalue weighted by Crippen LogP contribution is -2.35. The van der Waals surface area contributed by atoms with Crippen molar-refractivity contribution in [2.24, 2.45) is 0 Å². The Bertz CT molecular complexity index is 196. The monoisotopic (exact) mass is 236 g/mol. The van der Waals surface area contributed by atoms with Crippen LogP contribution in [0.3, 0.4) is 0 Å². The maximum atomic E-state index is 8.54. The Kier molecular flexibility index (Phi) is 7.49. The molecular formula is C9H18ClN2OP. The molecule has 0 rings (SSSR count). The number of nitrogens with zero attached hydrogens (tertiary/aromatic N) is 2. The van der Waals surface area contributed by atoms with Gasteiger partial charge in [-0.15, -0.1) is 0 Å². The summed E-state index contributed by atoms with van der Waals surface area (Å²) in [6.45, 7) is 8.54. The SMILES string of the molecule is CC(C#N)OCC(C)N(PCl)C(C)C. The van der Waals surface area contributed by atoms with Crippen molar-refractivity contribution in [3.8, 4) is 6.07 Å². The molecule has 82 valence electrons. The highest BCUT2D eigenvalue weighted by molar-refractivity contribution is 7.66. The van der Waals surface area contributed by atoms with Crippen molar-refractivity contribution in [2.45, 2.75) is 45.9 Å². The minimum absolute atomic E-state index is 0.252. The molecule has 0 N–H and O–H groups in total. The van der Waals surface area contributed by atoms with Crippen LogP contribution in [-0.2, 0) is 4.74 Å². The first-order valence-electron chi connectivity index (χ1n) is 4.68. The van der Waals surface area contributed by atoms with Crippen LogP contribution in [0.15, 0.2) is 0 Å². The van der Waals surface area contributed by atoms with Gasteiger partial charge >= 0.3 is 0 Å². The van der Waals surface area contributed by atoms with Crippen LogP contribution in [0.5, 0.6) is 0 Å². The number of hydrogen-bond donors (Lipinski definition) is 0. The third-order valence-corrected chi connectivity index (χ3v) is 3.64. The number of hydrogen-bond acceptors (Lipinski definition) is 3. The zero-order chi connectivity index (χ0) is 11.1. The molecule has 0 aromatic carbocycles. The van der Waals surface area contributed by atoms with E-state index in [0.29, 0.717) is 12.6 Å². The molecular weight excluding hydrogens is 219 g/mol. The fourth-order valence-corrected chi connectivity index (χ4v) is 2.61. The summed E-state index contributed by atoms with van der Waals surface area (Å²) in [4.78, 5) is 0. The third-order valence-electron chi connectivity index (χ3n) is 1.90. The predicted octanol–water partition coefficient (Wildman–Crippen LogP) is 2.76. The summed E-state index contributed by atoms with van der Waals surface area (Å²) in [6.07, 6.45) is -0.342. The van der Waals surface area contributed by atoms with E-state index in [-0.39, 0.29) is 20.2 Å². The van der Waals surface area contributed by atoms with Gasteiger partial charge in [0.1, 0.15) is 6.10 Å². The van der Waals surface area contributed by atoms with Crippen molar-refractivity contribution < 1.29 is 4.74 Å². The Labute approximate surface area is 93.0 Å². The van der Waals surface area contributed by atoms with Gasteiger partial charge in [0.2, 0.25) is 0 Å². The molecule has 0 aromatic rings. The first-order valence-corrected chi connectivity index (χ1v) is 6.64. The van der Waals surface area contributed by atoms with Crippen LogP contribution in [0.25, 0.3) is 0 Å². The fourth-order valence-electron chi connectivity index (χ4n) is 1.09. The lowest BCUT2D eigenvalue weighted by molar-refractivity contribution is 0.0651. The molecule has 3 atom stereocenters. The second-order valence-electron chi connectivity index (χ2n) is 3.54. The lowest BCUT2D eigenvalue weighted by Gasteiger charge is -2.29. The van der Waals surface area contributed by atoms with Crippen molar-refractivity contribution in [3.05, 3.63) is 0 Å². The number of halogens is 1. The van der Waals surface area contributed by atoms with Crippen molar-refractivity contribution in [3.63, 3.8) is 0 Å². The predicted molar refractivity (Wildman–Crippen MR) is 61.6 cm³/mol. The van der Waals surface area contributed by atoms with E-state index in [1.165, 1.54) is 0 Å². The molecule has 0 radical (unpaired) electrons. The fraction of sp³-hybridized carbons (Fsp3) is 0.889. The Morgan fingerprint density at radius 3 is 2.36 bits per heavy atom. The standard InChI is InChI=1S/C9H18ClN2OP/c1-7(2)12(14-10)8(3)6-13-9(4)5-11/h7-9,14H,6H2,1-4H3. The number of rotatable bonds is 6. The molecule has 0 aromatic heterocycles. The maximum absolute atomic E-state index is 8.54. The van der Waals surface area contributed by atoms with E-state index in [1.54, 1.807) is 6.92 Å². The molecule has 0 fully saturated rings. The average Bonchev–Trinajstić information content (AvgIpc) is 2.14. The van der Waals surface area contributed by atoms with E-state index in [0.717, 1.165) is 0 Å². The van der Waals surface area contributed by atoms with Crippen molar-refractivity contribution in [1.82, 2.24) is 4.67 Å². The maximum Gasteiger partial charge on any atom is 0.141 e. The Morgan fingerprint density at radius 1 is 1.43 bits per heavy atom. The summed E-state index contributed by atoms with van der Waals surface area (Å²) in [5.41, 5.74) is 0. The zero-order valence-corrected chi connectivity index (χ0v) is 10.9. The molecule has 0 heterocycles. The third kappa shape index (κ3) is 5.12. The normalized spacial score (nSPS) is 16.4. The highest BCUT2D eigenvalue weighted by atomic mass is 35.7. The molecule has 14 heavy (non-hydrogen) atoms. The van der Waals surface area contributed by atoms with Gasteiger partial charge in [0, 0.05) is 20.2 Å². The van der Waals surface area contributed by atoms with Gasteiger partial charge in [-0.1, -0.05) is 11.2 Å². The van der Waals surface area contributed by atoms with Crippen LogP contribution in [0.4, 0.5) is 0 Å². The second kappa shape index (κ2) is 7.43. The summed E-state index contributed by atoms with van der Waals surface area (Å²) in [7, 11) is 0.256. The number of nitriles is 1. The summed E-state index contributed by atoms with van der Waals surface area (Å²) >= 11 is 5.84. The molecule has 0 aliphatic heterocycles. The zero-order valence-electron chi connectivity index (χ0n) is 9.12. The molecule has 0 aliphatic rings. The van der Waals surface area contributed by atoms with E-state index in [1.807, 2.05) is 6.07 Å². The topological polar surface area (TPSA) is 36.3 Å². The van der Waals surface area contributed by atoms with Crippen molar-refractivity contribution in [1.29, 1.82) is 5.26 Å². The summed E-state index contributed by atoms with van der Waals surface area (Å²) in [5.74, 6) is 0. The minimum Gasteiger partial charge on any atom is -0.362 e. The molecule has 0 aliphatic carbocycles. The van der Waals surface area contributed by atoms with Crippen LogP contribution in [-0.4, -0.2) is 29.5 Å². The van der Waals surface area contributed by atoms with E-state index >= 15 is 0 Å². The largest absolute Gasteiger partial charge is 0.362 e. The Morgan fingerprint density at radius 2 is 2.00 bits per heavy atom. The van der Waals surface area contributed by atoms with Crippen molar-refractivity contribution >= 4 is 19.3 Å². The Hall–Kier alpha value is 0.130. The van der Waals surface area contributed by atoms with Crippen LogP contribution in [0.2, 0.25) is 0 Å². The summed E-state index contributed by atoms with van der Waals surface area (Å²) < 4.78 is 7.47. The van der Waals surface area contributed by atoms with Crippen LogP contribution < -0.4 is 0 Å². The van der Waals surface area contributed by atoms with Crippen LogP contribution >= 0.6 is 19.3 Å². The van der Waals surface area contributed by atoms with Gasteiger partial charge in [0.15, 0.2) is 0 Å². The molecule has 0 spiro atoms. The Balaban J connectivity index is 3.93. The summed E-state index contributed by atoms with van der Waals surface area (Å²) in [6, 6.07) is 2.69. The highest BCUT2D eigenvalue weighted by Crippen LogP contribution is 2.28. The minimum atomic E-state index is -0.342. The van der Waals surface area contributed by atoms with Crippen molar-refractivity contribution in [2.75, 3.05) is 6.61 Å². The molecule has 0 saturated heterocycles. The molecule has 5 heteroatoms. The van der Waals surface area contributed by atoms with Gasteiger partial charge in [-0.25, -0.2) is 0 Å². The molecule has 0 saturated carbocycles. The van der Waals surface area contributed by atoms with E-state index in [9.17, 15) is 0 Å². The quantitative estimate of drug-likeness (QED) is 0.666. The number of ether oxygens (including phenoxy) is 1. The molecule has 0 amide bonds. The molecule has 3 nitrogen and oxygen atoms in total. The lowest BCUT2D eigenvalue weighted by atomic mass is 10.3. The van der Waals surface area contributed by atoms with E-state index < -0.39 is 0 Å². The first kappa shape index (κ1) is 14.1. The van der Waals surface area contributed by atoms with Gasteiger partial charge in [-0.05, 0) is 27.7 Å². The van der Waals surface area contributed by atoms with E-state index in [4.69, 9.17) is 21.2 Å². The first-order chi connectivity index (χ1) is 6.52. The molecule has 3 unspecified atom stereocenters. The average molecular weight is 237 g/mol. The van der Waals surface area contributed by atoms with Crippen LogP contribution in [0, 0.1) is 11.3 Å². The van der Waals surface area contributed by atoms with E-state index in [2.05, 4.69) is 25.4 Å². The van der Waals surface area contributed by atoms with Gasteiger partial charge in [0.25, 0.3) is 0 Å². The van der Waals surface area contributed by atoms with Crippen LogP contribution in [0.1, 0.15) is 27.7 Å².